The van der Waals surface area contributed by atoms with E-state index in [0.717, 1.165) is 12.2 Å². The second-order valence-corrected chi connectivity index (χ2v) is 5.16. The highest BCUT2D eigenvalue weighted by Crippen LogP contribution is 2.28. The SMILES string of the molecule is Cc1ccc(OCC(O)CC2CCCC2)cc1. The van der Waals surface area contributed by atoms with Crippen molar-refractivity contribution in [2.75, 3.05) is 6.61 Å². The van der Waals surface area contributed by atoms with Crippen molar-refractivity contribution in [1.29, 1.82) is 0 Å². The Kier molecular flexibility index (Phi) is 4.43. The summed E-state index contributed by atoms with van der Waals surface area (Å²) in [5.41, 5.74) is 1.23. The predicted octanol–water partition coefficient (Wildman–Crippen LogP) is 3.32. The van der Waals surface area contributed by atoms with Crippen molar-refractivity contribution in [2.45, 2.75) is 45.1 Å². The van der Waals surface area contributed by atoms with Gasteiger partial charge in [0.1, 0.15) is 12.4 Å². The van der Waals surface area contributed by atoms with Crippen LogP contribution < -0.4 is 4.74 Å². The molecular weight excluding hydrogens is 212 g/mol. The minimum Gasteiger partial charge on any atom is -0.491 e. The fourth-order valence-electron chi connectivity index (χ4n) is 2.53. The summed E-state index contributed by atoms with van der Waals surface area (Å²) in [6.07, 6.45) is 5.79. The summed E-state index contributed by atoms with van der Waals surface area (Å²) in [6, 6.07) is 7.96. The van der Waals surface area contributed by atoms with E-state index in [1.165, 1.54) is 31.2 Å². The minimum absolute atomic E-state index is 0.320. The molecule has 0 spiro atoms. The normalized spacial score (nSPS) is 18.2. The van der Waals surface area contributed by atoms with Gasteiger partial charge in [0.05, 0.1) is 6.10 Å². The quantitative estimate of drug-likeness (QED) is 0.847. The topological polar surface area (TPSA) is 29.5 Å². The number of aliphatic hydroxyl groups is 1. The number of rotatable bonds is 5. The van der Waals surface area contributed by atoms with Crippen LogP contribution in [0.3, 0.4) is 0 Å². The van der Waals surface area contributed by atoms with Gasteiger partial charge in [-0.25, -0.2) is 0 Å². The zero-order valence-corrected chi connectivity index (χ0v) is 10.6. The van der Waals surface area contributed by atoms with Crippen LogP contribution in [-0.2, 0) is 0 Å². The lowest BCUT2D eigenvalue weighted by atomic mass is 10.0. The second kappa shape index (κ2) is 6.06. The van der Waals surface area contributed by atoms with E-state index in [1.807, 2.05) is 24.3 Å². The highest BCUT2D eigenvalue weighted by Gasteiger charge is 2.18. The third kappa shape index (κ3) is 4.04. The van der Waals surface area contributed by atoms with Gasteiger partial charge < -0.3 is 9.84 Å². The highest BCUT2D eigenvalue weighted by molar-refractivity contribution is 5.26. The van der Waals surface area contributed by atoms with Gasteiger partial charge >= 0.3 is 0 Å². The Balaban J connectivity index is 1.71. The van der Waals surface area contributed by atoms with Crippen molar-refractivity contribution in [1.82, 2.24) is 0 Å². The molecule has 0 heterocycles. The molecule has 0 aromatic heterocycles. The molecule has 1 aromatic rings. The maximum Gasteiger partial charge on any atom is 0.119 e. The second-order valence-electron chi connectivity index (χ2n) is 5.16. The molecule has 0 amide bonds. The Labute approximate surface area is 104 Å². The van der Waals surface area contributed by atoms with Gasteiger partial charge in [0, 0.05) is 0 Å². The van der Waals surface area contributed by atoms with Crippen LogP contribution in [0.5, 0.6) is 5.75 Å². The van der Waals surface area contributed by atoms with Gasteiger partial charge in [0.15, 0.2) is 0 Å². The van der Waals surface area contributed by atoms with Crippen LogP contribution >= 0.6 is 0 Å². The van der Waals surface area contributed by atoms with E-state index in [1.54, 1.807) is 0 Å². The number of ether oxygens (including phenoxy) is 1. The minimum atomic E-state index is -0.320. The summed E-state index contributed by atoms with van der Waals surface area (Å²) in [5, 5.41) is 9.90. The van der Waals surface area contributed by atoms with E-state index in [-0.39, 0.29) is 6.10 Å². The number of hydrogen-bond donors (Lipinski definition) is 1. The van der Waals surface area contributed by atoms with E-state index in [2.05, 4.69) is 6.92 Å². The van der Waals surface area contributed by atoms with Gasteiger partial charge in [-0.1, -0.05) is 43.4 Å². The summed E-state index contributed by atoms with van der Waals surface area (Å²) in [5.74, 6) is 1.56. The van der Waals surface area contributed by atoms with Crippen LogP contribution in [0.15, 0.2) is 24.3 Å². The van der Waals surface area contributed by atoms with Crippen LogP contribution in [0.2, 0.25) is 0 Å². The third-order valence-corrected chi connectivity index (χ3v) is 3.54. The maximum atomic E-state index is 9.90. The summed E-state index contributed by atoms with van der Waals surface area (Å²) >= 11 is 0. The molecule has 2 rings (SSSR count). The van der Waals surface area contributed by atoms with Crippen molar-refractivity contribution in [3.8, 4) is 5.75 Å². The molecule has 2 nitrogen and oxygen atoms in total. The van der Waals surface area contributed by atoms with Crippen LogP contribution in [0, 0.1) is 12.8 Å². The lowest BCUT2D eigenvalue weighted by Gasteiger charge is -2.16. The van der Waals surface area contributed by atoms with Crippen molar-refractivity contribution < 1.29 is 9.84 Å². The molecule has 94 valence electrons. The lowest BCUT2D eigenvalue weighted by Crippen LogP contribution is -2.20. The Morgan fingerprint density at radius 1 is 1.24 bits per heavy atom. The summed E-state index contributed by atoms with van der Waals surface area (Å²) in [7, 11) is 0. The summed E-state index contributed by atoms with van der Waals surface area (Å²) in [4.78, 5) is 0. The zero-order valence-electron chi connectivity index (χ0n) is 10.6. The maximum absolute atomic E-state index is 9.90. The van der Waals surface area contributed by atoms with Crippen molar-refractivity contribution in [3.05, 3.63) is 29.8 Å². The summed E-state index contributed by atoms with van der Waals surface area (Å²) in [6.45, 7) is 2.47. The molecule has 1 saturated carbocycles. The van der Waals surface area contributed by atoms with Gasteiger partial charge in [0.25, 0.3) is 0 Å². The summed E-state index contributed by atoms with van der Waals surface area (Å²) < 4.78 is 5.58. The lowest BCUT2D eigenvalue weighted by molar-refractivity contribution is 0.0855. The van der Waals surface area contributed by atoms with E-state index >= 15 is 0 Å². The van der Waals surface area contributed by atoms with Crippen LogP contribution in [0.25, 0.3) is 0 Å². The van der Waals surface area contributed by atoms with Crippen molar-refractivity contribution in [3.63, 3.8) is 0 Å². The number of aryl methyl sites for hydroxylation is 1. The molecule has 1 fully saturated rings. The number of aliphatic hydroxyl groups excluding tert-OH is 1. The molecule has 0 bridgehead atoms. The van der Waals surface area contributed by atoms with Crippen molar-refractivity contribution in [2.24, 2.45) is 5.92 Å². The Bertz CT molecular complexity index is 325. The number of benzene rings is 1. The molecule has 0 aliphatic heterocycles. The van der Waals surface area contributed by atoms with Gasteiger partial charge in [-0.15, -0.1) is 0 Å². The Morgan fingerprint density at radius 2 is 1.88 bits per heavy atom. The van der Waals surface area contributed by atoms with Gasteiger partial charge in [-0.05, 0) is 31.4 Å². The smallest absolute Gasteiger partial charge is 0.119 e. The monoisotopic (exact) mass is 234 g/mol. The standard InChI is InChI=1S/C15H22O2/c1-12-6-8-15(9-7-12)17-11-14(16)10-13-4-2-3-5-13/h6-9,13-14,16H,2-5,10-11H2,1H3. The largest absolute Gasteiger partial charge is 0.491 e. The first-order chi connectivity index (χ1) is 8.24. The van der Waals surface area contributed by atoms with Gasteiger partial charge in [-0.3, -0.25) is 0 Å². The molecule has 17 heavy (non-hydrogen) atoms. The van der Waals surface area contributed by atoms with E-state index in [4.69, 9.17) is 4.74 Å². The van der Waals surface area contributed by atoms with Crippen LogP contribution in [-0.4, -0.2) is 17.8 Å². The fraction of sp³-hybridized carbons (Fsp3) is 0.600. The molecule has 1 N–H and O–H groups in total. The van der Waals surface area contributed by atoms with E-state index in [0.29, 0.717) is 12.5 Å². The predicted molar refractivity (Wildman–Crippen MR) is 69.3 cm³/mol. The first kappa shape index (κ1) is 12.4. The van der Waals surface area contributed by atoms with E-state index in [9.17, 15) is 5.11 Å². The zero-order chi connectivity index (χ0) is 12.1. The average Bonchev–Trinajstić information content (AvgIpc) is 2.81. The molecular formula is C15H22O2. The van der Waals surface area contributed by atoms with Gasteiger partial charge in [-0.2, -0.15) is 0 Å². The molecule has 2 heteroatoms. The van der Waals surface area contributed by atoms with Crippen LogP contribution in [0.1, 0.15) is 37.7 Å². The number of hydrogen-bond acceptors (Lipinski definition) is 2. The molecule has 1 aromatic carbocycles. The van der Waals surface area contributed by atoms with Crippen LogP contribution in [0.4, 0.5) is 0 Å². The Hall–Kier alpha value is -1.02. The molecule has 1 aliphatic rings. The molecule has 1 atom stereocenters. The highest BCUT2D eigenvalue weighted by atomic mass is 16.5. The van der Waals surface area contributed by atoms with Crippen molar-refractivity contribution >= 4 is 0 Å². The molecule has 1 unspecified atom stereocenters. The Morgan fingerprint density at radius 3 is 2.53 bits per heavy atom. The first-order valence-electron chi connectivity index (χ1n) is 6.61. The molecule has 0 radical (unpaired) electrons. The fourth-order valence-corrected chi connectivity index (χ4v) is 2.53. The third-order valence-electron chi connectivity index (χ3n) is 3.54. The molecule has 0 saturated heterocycles. The first-order valence-corrected chi connectivity index (χ1v) is 6.61. The van der Waals surface area contributed by atoms with Gasteiger partial charge in [0.2, 0.25) is 0 Å². The average molecular weight is 234 g/mol. The molecule has 1 aliphatic carbocycles. The van der Waals surface area contributed by atoms with E-state index < -0.39 is 0 Å².